The van der Waals surface area contributed by atoms with Crippen molar-refractivity contribution in [3.63, 3.8) is 0 Å². The van der Waals surface area contributed by atoms with Gasteiger partial charge in [0.2, 0.25) is 0 Å². The molecule has 7 heteroatoms. The number of carbonyl (C=O) groups is 2. The molecule has 0 aromatic carbocycles. The highest BCUT2D eigenvalue weighted by Gasteiger charge is 2.85. The van der Waals surface area contributed by atoms with Crippen LogP contribution in [0.25, 0.3) is 0 Å². The fourth-order valence-corrected chi connectivity index (χ4v) is 3.54. The van der Waals surface area contributed by atoms with Gasteiger partial charge in [-0.2, -0.15) is 10.4 Å². The first kappa shape index (κ1) is 13.5. The molecule has 3 atom stereocenters. The number of nitriles is 1. The molecule has 0 amide bonds. The average Bonchev–Trinajstić information content (AvgIpc) is 2.81. The molecule has 7 nitrogen and oxygen atoms in total. The monoisotopic (exact) mass is 286 g/mol. The van der Waals surface area contributed by atoms with Gasteiger partial charge in [0.15, 0.2) is 11.4 Å². The predicted octanol–water partition coefficient (Wildman–Crippen LogP) is 0.954. The predicted molar refractivity (Wildman–Crippen MR) is 72.0 cm³/mol. The molecule has 1 aliphatic carbocycles. The molecule has 0 bridgehead atoms. The standard InChI is InChI=1S/C14H14N4O3/c1-4-21-12(20)14-8(2)13(14,9(3)19)7-16-11-10(5-15)6-17-18(11)14/h6-8H,4H2,1-3H3. The number of esters is 1. The van der Waals surface area contributed by atoms with Crippen molar-refractivity contribution in [1.82, 2.24) is 9.78 Å². The van der Waals surface area contributed by atoms with E-state index in [-0.39, 0.29) is 23.9 Å². The van der Waals surface area contributed by atoms with Crippen molar-refractivity contribution in [3.8, 4) is 6.07 Å². The lowest BCUT2D eigenvalue weighted by molar-refractivity contribution is -0.151. The van der Waals surface area contributed by atoms with Crippen LogP contribution >= 0.6 is 0 Å². The Kier molecular flexibility index (Phi) is 2.57. The Hall–Kier alpha value is -2.49. The highest BCUT2D eigenvalue weighted by molar-refractivity contribution is 6.13. The minimum atomic E-state index is -1.22. The second-order valence-corrected chi connectivity index (χ2v) is 5.30. The lowest BCUT2D eigenvalue weighted by Crippen LogP contribution is -2.41. The summed E-state index contributed by atoms with van der Waals surface area (Å²) in [6, 6.07) is 1.98. The van der Waals surface area contributed by atoms with Crippen molar-refractivity contribution < 1.29 is 14.3 Å². The van der Waals surface area contributed by atoms with Gasteiger partial charge >= 0.3 is 5.97 Å². The topological polar surface area (TPSA) is 97.3 Å². The van der Waals surface area contributed by atoms with E-state index in [2.05, 4.69) is 10.1 Å². The summed E-state index contributed by atoms with van der Waals surface area (Å²) in [4.78, 5) is 28.9. The zero-order valence-corrected chi connectivity index (χ0v) is 12.0. The van der Waals surface area contributed by atoms with Gasteiger partial charge in [0.05, 0.1) is 12.8 Å². The van der Waals surface area contributed by atoms with E-state index in [1.54, 1.807) is 13.8 Å². The smallest absolute Gasteiger partial charge is 0.335 e. The van der Waals surface area contributed by atoms with Crippen molar-refractivity contribution in [2.45, 2.75) is 26.3 Å². The summed E-state index contributed by atoms with van der Waals surface area (Å²) in [6.45, 7) is 5.15. The summed E-state index contributed by atoms with van der Waals surface area (Å²) in [5.74, 6) is -0.691. The van der Waals surface area contributed by atoms with Crippen LogP contribution in [0.1, 0.15) is 26.3 Å². The Morgan fingerprint density at radius 3 is 2.86 bits per heavy atom. The van der Waals surface area contributed by atoms with E-state index in [9.17, 15) is 9.59 Å². The van der Waals surface area contributed by atoms with Crippen molar-refractivity contribution in [3.05, 3.63) is 11.8 Å². The summed E-state index contributed by atoms with van der Waals surface area (Å²) in [5, 5.41) is 13.2. The van der Waals surface area contributed by atoms with Crippen LogP contribution in [0.15, 0.2) is 11.2 Å². The quantitative estimate of drug-likeness (QED) is 0.771. The van der Waals surface area contributed by atoms with Gasteiger partial charge in [-0.1, -0.05) is 6.92 Å². The Bertz CT molecular complexity index is 729. The molecule has 3 unspecified atom stereocenters. The van der Waals surface area contributed by atoms with Crippen LogP contribution in [-0.4, -0.2) is 34.4 Å². The molecule has 1 aliphatic heterocycles. The molecule has 0 saturated heterocycles. The molecule has 0 N–H and O–H groups in total. The Balaban J connectivity index is 2.26. The zero-order chi connectivity index (χ0) is 15.4. The van der Waals surface area contributed by atoms with Crippen LogP contribution in [0.5, 0.6) is 0 Å². The summed E-state index contributed by atoms with van der Waals surface area (Å²) >= 11 is 0. The maximum absolute atomic E-state index is 12.6. The van der Waals surface area contributed by atoms with Crippen LogP contribution < -0.4 is 0 Å². The number of carbonyl (C=O) groups excluding carboxylic acids is 2. The zero-order valence-electron chi connectivity index (χ0n) is 12.0. The molecule has 0 spiro atoms. The van der Waals surface area contributed by atoms with Crippen molar-refractivity contribution in [1.29, 1.82) is 5.26 Å². The van der Waals surface area contributed by atoms with E-state index in [0.717, 1.165) is 0 Å². The summed E-state index contributed by atoms with van der Waals surface area (Å²) in [6.07, 6.45) is 2.84. The van der Waals surface area contributed by atoms with E-state index in [1.807, 2.05) is 6.07 Å². The third-order valence-electron chi connectivity index (χ3n) is 4.62. The minimum Gasteiger partial charge on any atom is -0.464 e. The number of fused-ring (bicyclic) bond motifs is 3. The molecular formula is C14H14N4O3. The second kappa shape index (κ2) is 4.01. The Morgan fingerprint density at radius 1 is 1.57 bits per heavy atom. The van der Waals surface area contributed by atoms with Crippen molar-refractivity contribution in [2.75, 3.05) is 6.61 Å². The van der Waals surface area contributed by atoms with Crippen LogP contribution in [0.3, 0.4) is 0 Å². The van der Waals surface area contributed by atoms with Crippen LogP contribution in [0.2, 0.25) is 0 Å². The highest BCUT2D eigenvalue weighted by atomic mass is 16.5. The van der Waals surface area contributed by atoms with Gasteiger partial charge in [-0.05, 0) is 13.8 Å². The van der Waals surface area contributed by atoms with Gasteiger partial charge in [-0.3, -0.25) is 4.79 Å². The van der Waals surface area contributed by atoms with Gasteiger partial charge in [-0.25, -0.2) is 14.5 Å². The number of Topliss-reactive ketones (excluding diaryl/α,β-unsaturated/α-hetero) is 1. The number of aromatic nitrogens is 2. The fraction of sp³-hybridized carbons (Fsp3) is 0.500. The number of hydrogen-bond acceptors (Lipinski definition) is 6. The maximum atomic E-state index is 12.6. The lowest BCUT2D eigenvalue weighted by atomic mass is 9.94. The molecule has 1 aromatic heterocycles. The largest absolute Gasteiger partial charge is 0.464 e. The molecular weight excluding hydrogens is 272 g/mol. The molecule has 108 valence electrons. The van der Waals surface area contributed by atoms with Gasteiger partial charge < -0.3 is 4.74 Å². The minimum absolute atomic E-state index is 0.161. The highest BCUT2D eigenvalue weighted by Crippen LogP contribution is 2.69. The number of ether oxygens (including phenoxy) is 1. The SMILES string of the molecule is CCOC(=O)C12C(C)C1(C(C)=O)C=Nc1c(C#N)cnn12. The maximum Gasteiger partial charge on any atom is 0.335 e. The van der Waals surface area contributed by atoms with Crippen LogP contribution in [0.4, 0.5) is 5.82 Å². The molecule has 2 aliphatic rings. The summed E-state index contributed by atoms with van der Waals surface area (Å²) in [7, 11) is 0. The van der Waals surface area contributed by atoms with Gasteiger partial charge in [0.25, 0.3) is 0 Å². The van der Waals surface area contributed by atoms with Gasteiger partial charge in [0.1, 0.15) is 22.8 Å². The first-order valence-electron chi connectivity index (χ1n) is 6.70. The average molecular weight is 286 g/mol. The fourth-order valence-electron chi connectivity index (χ4n) is 3.54. The second-order valence-electron chi connectivity index (χ2n) is 5.30. The van der Waals surface area contributed by atoms with E-state index in [4.69, 9.17) is 10.00 Å². The lowest BCUT2D eigenvalue weighted by Gasteiger charge is -2.24. The van der Waals surface area contributed by atoms with Crippen LogP contribution in [0, 0.1) is 22.7 Å². The Morgan fingerprint density at radius 2 is 2.29 bits per heavy atom. The number of rotatable bonds is 3. The first-order chi connectivity index (χ1) is 9.98. The van der Waals surface area contributed by atoms with Crippen molar-refractivity contribution >= 4 is 23.8 Å². The normalized spacial score (nSPS) is 31.8. The van der Waals surface area contributed by atoms with E-state index in [0.29, 0.717) is 5.82 Å². The Labute approximate surface area is 121 Å². The molecule has 1 saturated carbocycles. The molecule has 0 radical (unpaired) electrons. The number of ketones is 1. The molecule has 1 fully saturated rings. The van der Waals surface area contributed by atoms with E-state index >= 15 is 0 Å². The molecule has 2 heterocycles. The van der Waals surface area contributed by atoms with Gasteiger partial charge in [-0.15, -0.1) is 0 Å². The van der Waals surface area contributed by atoms with E-state index in [1.165, 1.54) is 24.0 Å². The van der Waals surface area contributed by atoms with Crippen molar-refractivity contribution in [2.24, 2.45) is 16.3 Å². The molecule has 1 aromatic rings. The number of nitrogens with zero attached hydrogens (tertiary/aromatic N) is 4. The number of aliphatic imine (C=N–C) groups is 1. The first-order valence-corrected chi connectivity index (χ1v) is 6.70. The molecule has 21 heavy (non-hydrogen) atoms. The third kappa shape index (κ3) is 1.23. The molecule has 3 rings (SSSR count). The third-order valence-corrected chi connectivity index (χ3v) is 4.62. The van der Waals surface area contributed by atoms with Gasteiger partial charge in [0, 0.05) is 12.1 Å². The van der Waals surface area contributed by atoms with Crippen LogP contribution in [-0.2, 0) is 19.9 Å². The number of hydrogen-bond donors (Lipinski definition) is 0. The summed E-state index contributed by atoms with van der Waals surface area (Å²) < 4.78 is 6.56. The summed E-state index contributed by atoms with van der Waals surface area (Å²) in [5.41, 5.74) is -1.99. The van der Waals surface area contributed by atoms with E-state index < -0.39 is 16.9 Å².